The smallest absolute Gasteiger partial charge is 0.263 e. The molecule has 1 aliphatic heterocycles. The van der Waals surface area contributed by atoms with Gasteiger partial charge in [0, 0.05) is 13.2 Å². The van der Waals surface area contributed by atoms with Crippen LogP contribution in [-0.2, 0) is 14.8 Å². The molecule has 2 heterocycles. The van der Waals surface area contributed by atoms with Crippen LogP contribution in [0, 0.1) is 0 Å². The van der Waals surface area contributed by atoms with E-state index in [4.69, 9.17) is 4.74 Å². The van der Waals surface area contributed by atoms with Crippen LogP contribution in [-0.4, -0.2) is 32.7 Å². The highest BCUT2D eigenvalue weighted by atomic mass is 32.2. The summed E-state index contributed by atoms with van der Waals surface area (Å²) in [4.78, 5) is 4.35. The van der Waals surface area contributed by atoms with Gasteiger partial charge in [0.25, 0.3) is 10.0 Å². The molecule has 0 amide bonds. The molecule has 6 nitrogen and oxygen atoms in total. The average molecular weight is 333 g/mol. The number of rotatable bonds is 6. The number of benzene rings is 1. The van der Waals surface area contributed by atoms with Crippen LogP contribution < -0.4 is 10.0 Å². The maximum atomic E-state index is 12.2. The minimum atomic E-state index is -3.60. The predicted octanol–water partition coefficient (Wildman–Crippen LogP) is 2.47. The Balaban J connectivity index is 1.61. The zero-order chi connectivity index (χ0) is 16.1. The molecule has 7 heteroatoms. The minimum Gasteiger partial charge on any atom is -0.381 e. The van der Waals surface area contributed by atoms with Crippen LogP contribution in [0.2, 0.25) is 0 Å². The minimum absolute atomic E-state index is 0.211. The van der Waals surface area contributed by atoms with E-state index in [2.05, 4.69) is 15.0 Å². The molecule has 2 N–H and O–H groups in total. The van der Waals surface area contributed by atoms with Gasteiger partial charge >= 0.3 is 0 Å². The molecule has 1 unspecified atom stereocenters. The lowest BCUT2D eigenvalue weighted by Gasteiger charge is -2.12. The Kier molecular flexibility index (Phi) is 4.78. The normalized spacial score (nSPS) is 17.8. The van der Waals surface area contributed by atoms with Crippen LogP contribution in [0.1, 0.15) is 12.8 Å². The quantitative estimate of drug-likeness (QED) is 0.849. The molecule has 1 aliphatic rings. The molecule has 3 rings (SSSR count). The second-order valence-corrected chi connectivity index (χ2v) is 7.05. The monoisotopic (exact) mass is 333 g/mol. The summed E-state index contributed by atoms with van der Waals surface area (Å²) in [5.74, 6) is 0.288. The van der Waals surface area contributed by atoms with Crippen LogP contribution >= 0.6 is 0 Å². The van der Waals surface area contributed by atoms with Crippen molar-refractivity contribution in [1.29, 1.82) is 0 Å². The molecule has 23 heavy (non-hydrogen) atoms. The number of hydrogen-bond acceptors (Lipinski definition) is 5. The first-order valence-corrected chi connectivity index (χ1v) is 9.01. The maximum Gasteiger partial charge on any atom is 0.263 e. The first-order valence-electron chi connectivity index (χ1n) is 7.53. The van der Waals surface area contributed by atoms with Crippen LogP contribution in [0.3, 0.4) is 0 Å². The Morgan fingerprint density at radius 3 is 2.65 bits per heavy atom. The predicted molar refractivity (Wildman–Crippen MR) is 89.0 cm³/mol. The third-order valence-corrected chi connectivity index (χ3v) is 4.98. The van der Waals surface area contributed by atoms with Crippen molar-refractivity contribution in [3.8, 4) is 0 Å². The number of nitrogens with zero attached hydrogens (tertiary/aromatic N) is 1. The van der Waals surface area contributed by atoms with E-state index < -0.39 is 10.0 Å². The largest absolute Gasteiger partial charge is 0.381 e. The number of pyridine rings is 1. The summed E-state index contributed by atoms with van der Waals surface area (Å²) < 4.78 is 32.4. The molecule has 1 fully saturated rings. The Bertz CT molecular complexity index is 727. The first-order chi connectivity index (χ1) is 11.1. The lowest BCUT2D eigenvalue weighted by atomic mass is 10.2. The Labute approximate surface area is 136 Å². The van der Waals surface area contributed by atoms with Crippen LogP contribution in [0.5, 0.6) is 0 Å². The van der Waals surface area contributed by atoms with E-state index in [0.29, 0.717) is 0 Å². The fourth-order valence-electron chi connectivity index (χ4n) is 2.39. The molecule has 0 aliphatic carbocycles. The molecule has 1 aromatic heterocycles. The summed E-state index contributed by atoms with van der Waals surface area (Å²) in [6, 6.07) is 11.6. The van der Waals surface area contributed by atoms with Crippen molar-refractivity contribution in [2.45, 2.75) is 23.8 Å². The summed E-state index contributed by atoms with van der Waals surface area (Å²) in [5, 5.41) is 3.24. The van der Waals surface area contributed by atoms with E-state index in [-0.39, 0.29) is 16.8 Å². The van der Waals surface area contributed by atoms with E-state index in [0.717, 1.165) is 31.7 Å². The van der Waals surface area contributed by atoms with Crippen molar-refractivity contribution in [2.75, 3.05) is 23.2 Å². The second-order valence-electron chi connectivity index (χ2n) is 5.37. The van der Waals surface area contributed by atoms with Crippen LogP contribution in [0.25, 0.3) is 0 Å². The van der Waals surface area contributed by atoms with E-state index in [1.807, 2.05) is 0 Å². The molecular weight excluding hydrogens is 314 g/mol. The van der Waals surface area contributed by atoms with Gasteiger partial charge in [0.05, 0.1) is 22.9 Å². The van der Waals surface area contributed by atoms with Crippen molar-refractivity contribution in [3.63, 3.8) is 0 Å². The van der Waals surface area contributed by atoms with Gasteiger partial charge in [-0.05, 0) is 37.1 Å². The number of ether oxygens (including phenoxy) is 1. The van der Waals surface area contributed by atoms with Crippen molar-refractivity contribution in [2.24, 2.45) is 0 Å². The van der Waals surface area contributed by atoms with Gasteiger partial charge in [0.2, 0.25) is 0 Å². The molecule has 1 aromatic carbocycles. The molecule has 0 radical (unpaired) electrons. The van der Waals surface area contributed by atoms with Crippen molar-refractivity contribution >= 4 is 21.5 Å². The maximum absolute atomic E-state index is 12.2. The average Bonchev–Trinajstić information content (AvgIpc) is 3.08. The zero-order valence-corrected chi connectivity index (χ0v) is 13.4. The summed E-state index contributed by atoms with van der Waals surface area (Å²) in [6.45, 7) is 1.56. The fraction of sp³-hybridized carbons (Fsp3) is 0.312. The van der Waals surface area contributed by atoms with E-state index in [1.165, 1.54) is 0 Å². The Hall–Kier alpha value is -2.12. The van der Waals surface area contributed by atoms with Gasteiger partial charge < -0.3 is 10.1 Å². The number of sulfonamides is 1. The van der Waals surface area contributed by atoms with Gasteiger partial charge in [-0.25, -0.2) is 13.4 Å². The molecule has 2 aromatic rings. The zero-order valence-electron chi connectivity index (χ0n) is 12.6. The van der Waals surface area contributed by atoms with E-state index in [9.17, 15) is 8.42 Å². The topological polar surface area (TPSA) is 80.3 Å². The third kappa shape index (κ3) is 4.20. The SMILES string of the molecule is O=S(=O)(Nc1ccc(NCC2CCCO2)cn1)c1ccccc1. The van der Waals surface area contributed by atoms with Gasteiger partial charge in [-0.1, -0.05) is 18.2 Å². The molecule has 0 spiro atoms. The third-order valence-electron chi connectivity index (χ3n) is 3.61. The van der Waals surface area contributed by atoms with Crippen LogP contribution in [0.15, 0.2) is 53.6 Å². The number of aromatic nitrogens is 1. The molecule has 1 atom stereocenters. The highest BCUT2D eigenvalue weighted by molar-refractivity contribution is 7.92. The number of anilines is 2. The molecular formula is C16H19N3O3S. The lowest BCUT2D eigenvalue weighted by molar-refractivity contribution is 0.120. The van der Waals surface area contributed by atoms with Crippen molar-refractivity contribution < 1.29 is 13.2 Å². The van der Waals surface area contributed by atoms with Gasteiger partial charge in [0.15, 0.2) is 0 Å². The summed E-state index contributed by atoms with van der Waals surface area (Å²) >= 11 is 0. The Morgan fingerprint density at radius 2 is 2.00 bits per heavy atom. The number of nitrogens with one attached hydrogen (secondary N) is 2. The first kappa shape index (κ1) is 15.8. The molecule has 1 saturated heterocycles. The summed E-state index contributed by atoms with van der Waals surface area (Å²) in [6.07, 6.45) is 4.02. The second kappa shape index (κ2) is 6.97. The molecule has 0 bridgehead atoms. The van der Waals surface area contributed by atoms with Gasteiger partial charge in [-0.15, -0.1) is 0 Å². The van der Waals surface area contributed by atoms with Crippen molar-refractivity contribution in [3.05, 3.63) is 48.7 Å². The van der Waals surface area contributed by atoms with Gasteiger partial charge in [0.1, 0.15) is 5.82 Å². The van der Waals surface area contributed by atoms with Crippen molar-refractivity contribution in [1.82, 2.24) is 4.98 Å². The summed E-state index contributed by atoms with van der Waals surface area (Å²) in [5.41, 5.74) is 0.836. The molecule has 0 saturated carbocycles. The van der Waals surface area contributed by atoms with Gasteiger partial charge in [-0.2, -0.15) is 0 Å². The van der Waals surface area contributed by atoms with Crippen LogP contribution in [0.4, 0.5) is 11.5 Å². The number of hydrogen-bond donors (Lipinski definition) is 2. The molecule has 122 valence electrons. The summed E-state index contributed by atoms with van der Waals surface area (Å²) in [7, 11) is -3.60. The van der Waals surface area contributed by atoms with Gasteiger partial charge in [-0.3, -0.25) is 4.72 Å². The fourth-order valence-corrected chi connectivity index (χ4v) is 3.42. The highest BCUT2D eigenvalue weighted by Crippen LogP contribution is 2.17. The van der Waals surface area contributed by atoms with E-state index >= 15 is 0 Å². The highest BCUT2D eigenvalue weighted by Gasteiger charge is 2.16. The standard InChI is InChI=1S/C16H19N3O3S/c20-23(21,15-6-2-1-3-7-15)19-16-9-8-13(11-18-16)17-12-14-5-4-10-22-14/h1-3,6-9,11,14,17H,4-5,10,12H2,(H,18,19). The van der Waals surface area contributed by atoms with E-state index in [1.54, 1.807) is 48.7 Å². The lowest BCUT2D eigenvalue weighted by Crippen LogP contribution is -2.18. The Morgan fingerprint density at radius 1 is 1.17 bits per heavy atom.